The maximum Gasteiger partial charge on any atom is 0.219 e. The Balaban J connectivity index is 2.23. The Morgan fingerprint density at radius 3 is 2.55 bits per heavy atom. The van der Waals surface area contributed by atoms with E-state index >= 15 is 0 Å². The first-order chi connectivity index (χ1) is 9.55. The standard InChI is InChI=1S/C15H22N2O3/c1-10(18)17-8-12(6-13(16)9-17)11-4-5-14(19-2)15(7-11)20-3/h4-5,7,12-13H,6,8-9,16H2,1-3H3. The minimum Gasteiger partial charge on any atom is -0.493 e. The van der Waals surface area contributed by atoms with Gasteiger partial charge in [-0.1, -0.05) is 6.07 Å². The molecule has 0 radical (unpaired) electrons. The molecule has 2 N–H and O–H groups in total. The Bertz CT molecular complexity index is 490. The van der Waals surface area contributed by atoms with Crippen molar-refractivity contribution in [3.63, 3.8) is 0 Å². The van der Waals surface area contributed by atoms with E-state index in [1.165, 1.54) is 0 Å². The van der Waals surface area contributed by atoms with Crippen molar-refractivity contribution in [3.8, 4) is 11.5 Å². The molecule has 1 aliphatic heterocycles. The molecule has 1 aromatic carbocycles. The molecule has 0 spiro atoms. The highest BCUT2D eigenvalue weighted by Gasteiger charge is 2.28. The predicted molar refractivity (Wildman–Crippen MR) is 77.1 cm³/mol. The highest BCUT2D eigenvalue weighted by atomic mass is 16.5. The van der Waals surface area contributed by atoms with E-state index in [4.69, 9.17) is 15.2 Å². The Hall–Kier alpha value is -1.75. The minimum atomic E-state index is 0.0192. The number of likely N-dealkylation sites (tertiary alicyclic amines) is 1. The molecular formula is C15H22N2O3. The van der Waals surface area contributed by atoms with E-state index in [1.807, 2.05) is 23.1 Å². The van der Waals surface area contributed by atoms with Crippen LogP contribution in [-0.2, 0) is 4.79 Å². The summed E-state index contributed by atoms with van der Waals surface area (Å²) < 4.78 is 10.6. The lowest BCUT2D eigenvalue weighted by molar-refractivity contribution is -0.130. The van der Waals surface area contributed by atoms with E-state index in [0.29, 0.717) is 24.6 Å². The van der Waals surface area contributed by atoms with Crippen LogP contribution >= 0.6 is 0 Å². The smallest absolute Gasteiger partial charge is 0.219 e. The summed E-state index contributed by atoms with van der Waals surface area (Å²) in [5, 5.41) is 0. The molecule has 110 valence electrons. The number of amides is 1. The summed E-state index contributed by atoms with van der Waals surface area (Å²) >= 11 is 0. The third-order valence-corrected chi connectivity index (χ3v) is 3.81. The average molecular weight is 278 g/mol. The van der Waals surface area contributed by atoms with Crippen molar-refractivity contribution in [1.82, 2.24) is 4.90 Å². The number of carbonyl (C=O) groups excluding carboxylic acids is 1. The van der Waals surface area contributed by atoms with E-state index in [0.717, 1.165) is 12.0 Å². The van der Waals surface area contributed by atoms with Crippen LogP contribution in [0, 0.1) is 0 Å². The van der Waals surface area contributed by atoms with Gasteiger partial charge >= 0.3 is 0 Å². The van der Waals surface area contributed by atoms with Gasteiger partial charge in [0, 0.05) is 32.0 Å². The zero-order valence-electron chi connectivity index (χ0n) is 12.3. The molecule has 1 heterocycles. The third-order valence-electron chi connectivity index (χ3n) is 3.81. The monoisotopic (exact) mass is 278 g/mol. The number of hydrogen-bond donors (Lipinski definition) is 1. The molecule has 0 bridgehead atoms. The fraction of sp³-hybridized carbons (Fsp3) is 0.533. The van der Waals surface area contributed by atoms with Gasteiger partial charge in [0.15, 0.2) is 11.5 Å². The topological polar surface area (TPSA) is 64.8 Å². The van der Waals surface area contributed by atoms with Crippen molar-refractivity contribution in [2.45, 2.75) is 25.3 Å². The van der Waals surface area contributed by atoms with E-state index in [-0.39, 0.29) is 17.9 Å². The molecule has 1 fully saturated rings. The lowest BCUT2D eigenvalue weighted by Gasteiger charge is -2.36. The zero-order valence-corrected chi connectivity index (χ0v) is 12.3. The van der Waals surface area contributed by atoms with Crippen molar-refractivity contribution < 1.29 is 14.3 Å². The van der Waals surface area contributed by atoms with E-state index < -0.39 is 0 Å². The second-order valence-corrected chi connectivity index (χ2v) is 5.23. The number of rotatable bonds is 3. The first kappa shape index (κ1) is 14.7. The highest BCUT2D eigenvalue weighted by Crippen LogP contribution is 2.33. The molecular weight excluding hydrogens is 256 g/mol. The molecule has 0 aromatic heterocycles. The molecule has 1 aromatic rings. The van der Waals surface area contributed by atoms with Crippen LogP contribution in [0.1, 0.15) is 24.8 Å². The average Bonchev–Trinajstić information content (AvgIpc) is 2.45. The molecule has 1 amide bonds. The van der Waals surface area contributed by atoms with Crippen molar-refractivity contribution in [2.75, 3.05) is 27.3 Å². The van der Waals surface area contributed by atoms with Crippen LogP contribution in [0.5, 0.6) is 11.5 Å². The first-order valence-electron chi connectivity index (χ1n) is 6.78. The van der Waals surface area contributed by atoms with Crippen LogP contribution in [0.25, 0.3) is 0 Å². The van der Waals surface area contributed by atoms with E-state index in [1.54, 1.807) is 21.1 Å². The molecule has 2 rings (SSSR count). The molecule has 1 saturated heterocycles. The largest absolute Gasteiger partial charge is 0.493 e. The van der Waals surface area contributed by atoms with Crippen molar-refractivity contribution in [2.24, 2.45) is 5.73 Å². The number of benzene rings is 1. The van der Waals surface area contributed by atoms with Crippen molar-refractivity contribution in [1.29, 1.82) is 0 Å². The van der Waals surface area contributed by atoms with Gasteiger partial charge in [0.2, 0.25) is 5.91 Å². The second-order valence-electron chi connectivity index (χ2n) is 5.23. The summed E-state index contributed by atoms with van der Waals surface area (Å²) in [7, 11) is 3.24. The van der Waals surface area contributed by atoms with Crippen LogP contribution in [-0.4, -0.2) is 44.2 Å². The van der Waals surface area contributed by atoms with E-state index in [2.05, 4.69) is 0 Å². The first-order valence-corrected chi connectivity index (χ1v) is 6.78. The van der Waals surface area contributed by atoms with Gasteiger partial charge < -0.3 is 20.1 Å². The van der Waals surface area contributed by atoms with Crippen molar-refractivity contribution in [3.05, 3.63) is 23.8 Å². The Labute approximate surface area is 119 Å². The quantitative estimate of drug-likeness (QED) is 0.907. The number of ether oxygens (including phenoxy) is 2. The third kappa shape index (κ3) is 3.04. The normalized spacial score (nSPS) is 22.5. The summed E-state index contributed by atoms with van der Waals surface area (Å²) in [6, 6.07) is 5.90. The maximum absolute atomic E-state index is 11.6. The highest BCUT2D eigenvalue weighted by molar-refractivity contribution is 5.73. The summed E-state index contributed by atoms with van der Waals surface area (Å²) in [4.78, 5) is 13.4. The predicted octanol–water partition coefficient (Wildman–Crippen LogP) is 1.37. The number of carbonyl (C=O) groups is 1. The lowest BCUT2D eigenvalue weighted by atomic mass is 9.88. The Morgan fingerprint density at radius 2 is 1.95 bits per heavy atom. The van der Waals surface area contributed by atoms with Gasteiger partial charge in [-0.2, -0.15) is 0 Å². The number of nitrogens with zero attached hydrogens (tertiary/aromatic N) is 1. The Kier molecular flexibility index (Phi) is 4.49. The van der Waals surface area contributed by atoms with Crippen molar-refractivity contribution >= 4 is 5.91 Å². The van der Waals surface area contributed by atoms with Gasteiger partial charge in [-0.25, -0.2) is 0 Å². The molecule has 2 atom stereocenters. The van der Waals surface area contributed by atoms with Crippen LogP contribution in [0.15, 0.2) is 18.2 Å². The van der Waals surface area contributed by atoms with Gasteiger partial charge in [0.05, 0.1) is 14.2 Å². The van der Waals surface area contributed by atoms with Crippen LogP contribution in [0.4, 0.5) is 0 Å². The zero-order chi connectivity index (χ0) is 14.7. The molecule has 1 aliphatic rings. The maximum atomic E-state index is 11.6. The van der Waals surface area contributed by atoms with Gasteiger partial charge in [0.1, 0.15) is 0 Å². The van der Waals surface area contributed by atoms with Crippen LogP contribution in [0.3, 0.4) is 0 Å². The minimum absolute atomic E-state index is 0.0192. The fourth-order valence-corrected chi connectivity index (χ4v) is 2.74. The number of hydrogen-bond acceptors (Lipinski definition) is 4. The van der Waals surface area contributed by atoms with Crippen LogP contribution < -0.4 is 15.2 Å². The van der Waals surface area contributed by atoms with Gasteiger partial charge in [-0.3, -0.25) is 4.79 Å². The summed E-state index contributed by atoms with van der Waals surface area (Å²) in [6.45, 7) is 2.93. The molecule has 5 nitrogen and oxygen atoms in total. The van der Waals surface area contributed by atoms with E-state index in [9.17, 15) is 4.79 Å². The number of methoxy groups -OCH3 is 2. The van der Waals surface area contributed by atoms with Crippen LogP contribution in [0.2, 0.25) is 0 Å². The number of piperidine rings is 1. The molecule has 2 unspecified atom stereocenters. The number of nitrogens with two attached hydrogens (primary N) is 1. The SMILES string of the molecule is COc1ccc(C2CC(N)CN(C(C)=O)C2)cc1OC. The Morgan fingerprint density at radius 1 is 1.25 bits per heavy atom. The molecule has 0 saturated carbocycles. The molecule has 20 heavy (non-hydrogen) atoms. The second kappa shape index (κ2) is 6.13. The summed E-state index contributed by atoms with van der Waals surface area (Å²) in [5.74, 6) is 1.73. The summed E-state index contributed by atoms with van der Waals surface area (Å²) in [5.41, 5.74) is 7.20. The van der Waals surface area contributed by atoms with Gasteiger partial charge in [-0.05, 0) is 24.1 Å². The summed E-state index contributed by atoms with van der Waals surface area (Å²) in [6.07, 6.45) is 0.874. The fourth-order valence-electron chi connectivity index (χ4n) is 2.74. The van der Waals surface area contributed by atoms with Gasteiger partial charge in [-0.15, -0.1) is 0 Å². The lowest BCUT2D eigenvalue weighted by Crippen LogP contribution is -2.47. The van der Waals surface area contributed by atoms with Gasteiger partial charge in [0.25, 0.3) is 0 Å². The molecule has 5 heteroatoms. The molecule has 0 aliphatic carbocycles.